The molecule has 1 saturated carbocycles. The van der Waals surface area contributed by atoms with Gasteiger partial charge in [0.25, 0.3) is 6.47 Å². The van der Waals surface area contributed by atoms with Crippen LogP contribution in [0.2, 0.25) is 0 Å². The van der Waals surface area contributed by atoms with Gasteiger partial charge in [0.05, 0.1) is 0 Å². The first kappa shape index (κ1) is 11.5. The summed E-state index contributed by atoms with van der Waals surface area (Å²) in [5.74, 6) is 0. The van der Waals surface area contributed by atoms with Gasteiger partial charge in [0.15, 0.2) is 0 Å². The Balaban J connectivity index is 3.06. The van der Waals surface area contributed by atoms with Gasteiger partial charge in [-0.1, -0.05) is 34.6 Å². The lowest BCUT2D eigenvalue weighted by Gasteiger charge is -2.34. The summed E-state index contributed by atoms with van der Waals surface area (Å²) in [6.07, 6.45) is 0. The highest BCUT2D eigenvalue weighted by Crippen LogP contribution is 2.81. The molecule has 0 spiro atoms. The molecule has 0 heterocycles. The Labute approximate surface area is 87.0 Å². The summed E-state index contributed by atoms with van der Waals surface area (Å²) in [4.78, 5) is 10.5. The molecule has 0 atom stereocenters. The van der Waals surface area contributed by atoms with E-state index in [0.717, 1.165) is 0 Å². The van der Waals surface area contributed by atoms with Gasteiger partial charge >= 0.3 is 0 Å². The fourth-order valence-corrected chi connectivity index (χ4v) is 3.34. The number of rotatable bonds is 3. The molecule has 0 bridgehead atoms. The van der Waals surface area contributed by atoms with Gasteiger partial charge in [0.2, 0.25) is 0 Å². The van der Waals surface area contributed by atoms with E-state index in [9.17, 15) is 4.79 Å². The molecule has 1 rings (SSSR count). The predicted octanol–water partition coefficient (Wildman–Crippen LogP) is 3.01. The normalized spacial score (nSPS) is 26.8. The van der Waals surface area contributed by atoms with E-state index in [-0.39, 0.29) is 16.2 Å². The van der Waals surface area contributed by atoms with Gasteiger partial charge in [-0.3, -0.25) is 4.79 Å². The summed E-state index contributed by atoms with van der Waals surface area (Å²) in [5.41, 5.74) is 0.0364. The zero-order valence-corrected chi connectivity index (χ0v) is 10.4. The van der Waals surface area contributed by atoms with E-state index in [1.807, 2.05) is 13.8 Å². The zero-order chi connectivity index (χ0) is 11.4. The summed E-state index contributed by atoms with van der Waals surface area (Å²) < 4.78 is 5.25. The average molecular weight is 198 g/mol. The third kappa shape index (κ3) is 0.896. The predicted molar refractivity (Wildman–Crippen MR) is 56.9 cm³/mol. The third-order valence-corrected chi connectivity index (χ3v) is 5.55. The molecule has 0 aromatic heterocycles. The molecule has 0 N–H and O–H groups in total. The third-order valence-electron chi connectivity index (χ3n) is 5.55. The van der Waals surface area contributed by atoms with Crippen LogP contribution in [0.4, 0.5) is 0 Å². The Morgan fingerprint density at radius 3 is 1.57 bits per heavy atom. The number of carbonyl (C=O) groups excluding carboxylic acids is 1. The van der Waals surface area contributed by atoms with Crippen LogP contribution in [-0.2, 0) is 9.53 Å². The maximum absolute atomic E-state index is 10.5. The molecule has 14 heavy (non-hydrogen) atoms. The molecule has 1 aliphatic carbocycles. The highest BCUT2D eigenvalue weighted by molar-refractivity contribution is 5.40. The number of carbonyl (C=O) groups is 1. The largest absolute Gasteiger partial charge is 0.461 e. The van der Waals surface area contributed by atoms with Crippen LogP contribution in [0.15, 0.2) is 0 Å². The van der Waals surface area contributed by atoms with Crippen molar-refractivity contribution in [2.24, 2.45) is 16.2 Å². The van der Waals surface area contributed by atoms with Crippen LogP contribution < -0.4 is 0 Å². The van der Waals surface area contributed by atoms with Gasteiger partial charge in [-0.05, 0) is 24.7 Å². The lowest BCUT2D eigenvalue weighted by atomic mass is 9.80. The van der Waals surface area contributed by atoms with Gasteiger partial charge in [0.1, 0.15) is 5.60 Å². The monoisotopic (exact) mass is 198 g/mol. The first-order valence-corrected chi connectivity index (χ1v) is 5.18. The Morgan fingerprint density at radius 2 is 1.36 bits per heavy atom. The van der Waals surface area contributed by atoms with Crippen molar-refractivity contribution in [3.8, 4) is 0 Å². The fourth-order valence-electron chi connectivity index (χ4n) is 3.34. The van der Waals surface area contributed by atoms with Crippen LogP contribution in [0.5, 0.6) is 0 Å². The second-order valence-corrected chi connectivity index (χ2v) is 6.10. The molecule has 0 aromatic rings. The Hall–Kier alpha value is -0.530. The lowest BCUT2D eigenvalue weighted by molar-refractivity contribution is -0.149. The van der Waals surface area contributed by atoms with Crippen molar-refractivity contribution < 1.29 is 9.53 Å². The van der Waals surface area contributed by atoms with Crippen molar-refractivity contribution in [3.05, 3.63) is 0 Å². The lowest BCUT2D eigenvalue weighted by Crippen LogP contribution is -2.38. The van der Waals surface area contributed by atoms with E-state index in [1.165, 1.54) is 0 Å². The van der Waals surface area contributed by atoms with E-state index in [1.54, 1.807) is 0 Å². The van der Waals surface area contributed by atoms with Crippen molar-refractivity contribution in [1.82, 2.24) is 0 Å². The molecule has 1 fully saturated rings. The molecule has 2 nitrogen and oxygen atoms in total. The molecule has 2 heteroatoms. The molecule has 82 valence electrons. The van der Waals surface area contributed by atoms with Crippen molar-refractivity contribution in [2.75, 3.05) is 0 Å². The molecule has 0 aromatic carbocycles. The number of hydrogen-bond acceptors (Lipinski definition) is 2. The van der Waals surface area contributed by atoms with Gasteiger partial charge in [0, 0.05) is 5.41 Å². The molecule has 0 unspecified atom stereocenters. The second-order valence-electron chi connectivity index (χ2n) is 6.10. The van der Waals surface area contributed by atoms with Crippen LogP contribution >= 0.6 is 0 Å². The second kappa shape index (κ2) is 2.53. The summed E-state index contributed by atoms with van der Waals surface area (Å²) in [6, 6.07) is 0. The van der Waals surface area contributed by atoms with E-state index < -0.39 is 5.60 Å². The molecular formula is C12H22O2. The molecular weight excluding hydrogens is 176 g/mol. The summed E-state index contributed by atoms with van der Waals surface area (Å²) in [6.45, 7) is 15.7. The Kier molecular flexibility index (Phi) is 2.09. The summed E-state index contributed by atoms with van der Waals surface area (Å²) in [5, 5.41) is 0. The summed E-state index contributed by atoms with van der Waals surface area (Å²) in [7, 11) is 0. The zero-order valence-electron chi connectivity index (χ0n) is 10.4. The number of hydrogen-bond donors (Lipinski definition) is 0. The minimum atomic E-state index is -0.401. The van der Waals surface area contributed by atoms with Crippen molar-refractivity contribution >= 4 is 6.47 Å². The summed E-state index contributed by atoms with van der Waals surface area (Å²) >= 11 is 0. The van der Waals surface area contributed by atoms with Crippen molar-refractivity contribution in [3.63, 3.8) is 0 Å². The smallest absolute Gasteiger partial charge is 0.293 e. The van der Waals surface area contributed by atoms with Crippen molar-refractivity contribution in [1.29, 1.82) is 0 Å². The average Bonchev–Trinajstić information content (AvgIpc) is 2.30. The van der Waals surface area contributed by atoms with Gasteiger partial charge in [-0.15, -0.1) is 0 Å². The van der Waals surface area contributed by atoms with Crippen LogP contribution in [0.1, 0.15) is 48.5 Å². The van der Waals surface area contributed by atoms with E-state index in [4.69, 9.17) is 4.74 Å². The highest BCUT2D eigenvalue weighted by atomic mass is 16.5. The molecule has 0 saturated heterocycles. The minimum absolute atomic E-state index is 0.0356. The first-order valence-electron chi connectivity index (χ1n) is 5.18. The van der Waals surface area contributed by atoms with Crippen LogP contribution in [0.25, 0.3) is 0 Å². The van der Waals surface area contributed by atoms with Gasteiger partial charge < -0.3 is 4.74 Å². The number of ether oxygens (including phenoxy) is 1. The first-order chi connectivity index (χ1) is 6.06. The van der Waals surface area contributed by atoms with Crippen LogP contribution in [0, 0.1) is 16.2 Å². The molecule has 0 radical (unpaired) electrons. The van der Waals surface area contributed by atoms with Crippen LogP contribution in [-0.4, -0.2) is 12.1 Å². The quantitative estimate of drug-likeness (QED) is 0.652. The van der Waals surface area contributed by atoms with Gasteiger partial charge in [-0.25, -0.2) is 0 Å². The van der Waals surface area contributed by atoms with E-state index >= 15 is 0 Å². The maximum atomic E-state index is 10.5. The molecule has 1 aliphatic rings. The molecule has 0 aliphatic heterocycles. The van der Waals surface area contributed by atoms with Crippen LogP contribution in [0.3, 0.4) is 0 Å². The van der Waals surface area contributed by atoms with E-state index in [0.29, 0.717) is 6.47 Å². The standard InChI is InChI=1S/C12H22O2/c1-9(2)10(3,4)12(9,7)11(5,6)14-8-13/h8H,1-7H3. The van der Waals surface area contributed by atoms with E-state index in [2.05, 4.69) is 34.6 Å². The fraction of sp³-hybridized carbons (Fsp3) is 0.917. The minimum Gasteiger partial charge on any atom is -0.461 e. The Morgan fingerprint density at radius 1 is 1.00 bits per heavy atom. The highest BCUT2D eigenvalue weighted by Gasteiger charge is 2.80. The maximum Gasteiger partial charge on any atom is 0.293 e. The Bertz CT molecular complexity index is 247. The SMILES string of the molecule is CC(C)(OC=O)C1(C)C(C)(C)C1(C)C. The topological polar surface area (TPSA) is 26.3 Å². The van der Waals surface area contributed by atoms with Crippen molar-refractivity contribution in [2.45, 2.75) is 54.1 Å². The molecule has 0 amide bonds. The van der Waals surface area contributed by atoms with Gasteiger partial charge in [-0.2, -0.15) is 0 Å².